The molecule has 0 N–H and O–H groups in total. The van der Waals surface area contributed by atoms with Gasteiger partial charge in [-0.1, -0.05) is 158 Å². The van der Waals surface area contributed by atoms with Crippen molar-refractivity contribution >= 4 is 70.4 Å². The second-order valence-electron chi connectivity index (χ2n) is 14.5. The lowest BCUT2D eigenvalue weighted by atomic mass is 10.0. The van der Waals surface area contributed by atoms with E-state index in [2.05, 4.69) is 228 Å². The molecule has 9 aromatic carbocycles. The maximum Gasteiger partial charge on any atom is 0.0541 e. The van der Waals surface area contributed by atoms with Gasteiger partial charge in [0.25, 0.3) is 0 Å². The number of hydrogen-bond donors (Lipinski definition) is 0. The van der Waals surface area contributed by atoms with Crippen molar-refractivity contribution in [3.63, 3.8) is 0 Å². The molecule has 0 atom stereocenters. The standard InChI is InChI=1S/C54H36N2S/c1-2-13-37(14-3-1)38-25-31-41(32-26-38)55(43-35-29-40(30-36-43)45-19-12-20-49-48-18-7-11-24-53(48)57-54(45)49)42-33-27-39(28-34-42)44-15-4-8-21-50(44)56-51-22-9-5-16-46(51)47-17-6-10-23-52(47)56/h1-36H. The van der Waals surface area contributed by atoms with Gasteiger partial charge in [-0.2, -0.15) is 0 Å². The second-order valence-corrected chi connectivity index (χ2v) is 15.6. The molecule has 11 aromatic rings. The van der Waals surface area contributed by atoms with E-state index >= 15 is 0 Å². The molecule has 0 spiro atoms. The first kappa shape index (κ1) is 33.2. The molecule has 0 aliphatic heterocycles. The Balaban J connectivity index is 1.00. The number of aromatic nitrogens is 1. The van der Waals surface area contributed by atoms with Gasteiger partial charge in [-0.05, 0) is 88.5 Å². The number of thiophene rings is 1. The van der Waals surface area contributed by atoms with Gasteiger partial charge in [0.2, 0.25) is 0 Å². The average molecular weight is 745 g/mol. The number of hydrogen-bond acceptors (Lipinski definition) is 2. The van der Waals surface area contributed by atoms with Gasteiger partial charge < -0.3 is 9.47 Å². The van der Waals surface area contributed by atoms with Crippen LogP contribution in [-0.4, -0.2) is 4.57 Å². The summed E-state index contributed by atoms with van der Waals surface area (Å²) >= 11 is 1.88. The first-order valence-electron chi connectivity index (χ1n) is 19.4. The van der Waals surface area contributed by atoms with Crippen LogP contribution in [0.1, 0.15) is 0 Å². The van der Waals surface area contributed by atoms with E-state index in [9.17, 15) is 0 Å². The zero-order valence-electron chi connectivity index (χ0n) is 31.1. The summed E-state index contributed by atoms with van der Waals surface area (Å²) in [4.78, 5) is 2.36. The van der Waals surface area contributed by atoms with Crippen molar-refractivity contribution < 1.29 is 0 Å². The lowest BCUT2D eigenvalue weighted by molar-refractivity contribution is 1.18. The van der Waals surface area contributed by atoms with Gasteiger partial charge in [0.05, 0.1) is 16.7 Å². The van der Waals surface area contributed by atoms with Crippen molar-refractivity contribution in [2.24, 2.45) is 0 Å². The Labute approximate surface area is 335 Å². The van der Waals surface area contributed by atoms with Crippen LogP contribution < -0.4 is 4.90 Å². The Morgan fingerprint density at radius 2 is 0.772 bits per heavy atom. The molecule has 0 bridgehead atoms. The molecule has 0 aliphatic rings. The van der Waals surface area contributed by atoms with Crippen LogP contribution in [0.4, 0.5) is 17.1 Å². The number of anilines is 3. The summed E-state index contributed by atoms with van der Waals surface area (Å²) in [5.41, 5.74) is 14.1. The molecule has 2 aromatic heterocycles. The van der Waals surface area contributed by atoms with Gasteiger partial charge in [-0.25, -0.2) is 0 Å². The Kier molecular flexibility index (Phi) is 8.04. The minimum atomic E-state index is 1.10. The van der Waals surface area contributed by atoms with E-state index < -0.39 is 0 Å². The van der Waals surface area contributed by atoms with Gasteiger partial charge in [-0.3, -0.25) is 0 Å². The molecule has 3 heteroatoms. The molecule has 0 fully saturated rings. The Morgan fingerprint density at radius 1 is 0.316 bits per heavy atom. The maximum atomic E-state index is 2.41. The lowest BCUT2D eigenvalue weighted by Crippen LogP contribution is -2.09. The summed E-state index contributed by atoms with van der Waals surface area (Å²) in [6.45, 7) is 0. The summed E-state index contributed by atoms with van der Waals surface area (Å²) in [7, 11) is 0. The Morgan fingerprint density at radius 3 is 1.42 bits per heavy atom. The second kappa shape index (κ2) is 13.8. The van der Waals surface area contributed by atoms with Crippen LogP contribution in [0, 0.1) is 0 Å². The molecule has 0 unspecified atom stereocenters. The number of para-hydroxylation sites is 3. The number of nitrogens with zero attached hydrogens (tertiary/aromatic N) is 2. The molecule has 0 radical (unpaired) electrons. The third kappa shape index (κ3) is 5.71. The van der Waals surface area contributed by atoms with Crippen LogP contribution in [0.5, 0.6) is 0 Å². The van der Waals surface area contributed by atoms with Crippen LogP contribution in [-0.2, 0) is 0 Å². The average Bonchev–Trinajstić information content (AvgIpc) is 3.84. The van der Waals surface area contributed by atoms with Crippen LogP contribution in [0.3, 0.4) is 0 Å². The lowest BCUT2D eigenvalue weighted by Gasteiger charge is -2.26. The van der Waals surface area contributed by atoms with Crippen molar-refractivity contribution in [1.29, 1.82) is 0 Å². The van der Waals surface area contributed by atoms with Gasteiger partial charge >= 0.3 is 0 Å². The zero-order valence-corrected chi connectivity index (χ0v) is 31.9. The van der Waals surface area contributed by atoms with E-state index in [0.717, 1.165) is 17.1 Å². The fourth-order valence-electron chi connectivity index (χ4n) is 8.53. The topological polar surface area (TPSA) is 8.17 Å². The van der Waals surface area contributed by atoms with E-state index in [1.165, 1.54) is 81.0 Å². The minimum absolute atomic E-state index is 1.10. The minimum Gasteiger partial charge on any atom is -0.311 e. The molecule has 2 heterocycles. The molecule has 0 saturated carbocycles. The molecular formula is C54H36N2S. The molecule has 0 aliphatic carbocycles. The highest BCUT2D eigenvalue weighted by molar-refractivity contribution is 7.26. The number of benzene rings is 9. The maximum absolute atomic E-state index is 2.41. The molecule has 57 heavy (non-hydrogen) atoms. The van der Waals surface area contributed by atoms with Gasteiger partial charge in [0.1, 0.15) is 0 Å². The van der Waals surface area contributed by atoms with E-state index in [4.69, 9.17) is 0 Å². The first-order valence-corrected chi connectivity index (χ1v) is 20.2. The predicted octanol–water partition coefficient (Wildman–Crippen LogP) is 15.6. The van der Waals surface area contributed by atoms with Crippen molar-refractivity contribution in [1.82, 2.24) is 4.57 Å². The normalized spacial score (nSPS) is 11.5. The number of rotatable bonds is 7. The van der Waals surface area contributed by atoms with Crippen LogP contribution in [0.2, 0.25) is 0 Å². The highest BCUT2D eigenvalue weighted by atomic mass is 32.1. The van der Waals surface area contributed by atoms with Gasteiger partial charge in [0, 0.05) is 53.6 Å². The van der Waals surface area contributed by atoms with Crippen molar-refractivity contribution in [2.45, 2.75) is 0 Å². The number of fused-ring (bicyclic) bond motifs is 6. The van der Waals surface area contributed by atoms with E-state index in [1.54, 1.807) is 0 Å². The third-order valence-corrected chi connectivity index (χ3v) is 12.5. The highest BCUT2D eigenvalue weighted by Crippen LogP contribution is 2.43. The molecule has 2 nitrogen and oxygen atoms in total. The summed E-state index contributed by atoms with van der Waals surface area (Å²) in [5, 5.41) is 5.16. The summed E-state index contributed by atoms with van der Waals surface area (Å²) < 4.78 is 5.06. The zero-order chi connectivity index (χ0) is 37.7. The van der Waals surface area contributed by atoms with Crippen LogP contribution in [0.15, 0.2) is 218 Å². The molecule has 0 saturated heterocycles. The Bertz CT molecular complexity index is 3160. The van der Waals surface area contributed by atoms with E-state index in [1.807, 2.05) is 11.3 Å². The van der Waals surface area contributed by atoms with Crippen LogP contribution >= 0.6 is 11.3 Å². The fraction of sp³-hybridized carbons (Fsp3) is 0. The third-order valence-electron chi connectivity index (χ3n) is 11.2. The van der Waals surface area contributed by atoms with E-state index in [0.29, 0.717) is 0 Å². The first-order chi connectivity index (χ1) is 28.3. The monoisotopic (exact) mass is 744 g/mol. The SMILES string of the molecule is c1ccc(-c2ccc(N(c3ccc(-c4ccccc4-n4c5ccccc5c5ccccc54)cc3)c3ccc(-c4cccc5c4sc4ccccc45)cc3)cc2)cc1. The van der Waals surface area contributed by atoms with Crippen molar-refractivity contribution in [3.8, 4) is 39.1 Å². The van der Waals surface area contributed by atoms with Crippen molar-refractivity contribution in [3.05, 3.63) is 218 Å². The van der Waals surface area contributed by atoms with Gasteiger partial charge in [0.15, 0.2) is 0 Å². The summed E-state index contributed by atoms with van der Waals surface area (Å²) in [6, 6.07) is 79.2. The molecule has 11 rings (SSSR count). The van der Waals surface area contributed by atoms with Crippen LogP contribution in [0.25, 0.3) is 81.0 Å². The summed E-state index contributed by atoms with van der Waals surface area (Å²) in [5.74, 6) is 0. The van der Waals surface area contributed by atoms with Crippen molar-refractivity contribution in [2.75, 3.05) is 4.90 Å². The molecule has 0 amide bonds. The summed E-state index contributed by atoms with van der Waals surface area (Å²) in [6.07, 6.45) is 0. The smallest absolute Gasteiger partial charge is 0.0541 e. The quantitative estimate of drug-likeness (QED) is 0.158. The predicted molar refractivity (Wildman–Crippen MR) is 245 cm³/mol. The fourth-order valence-corrected chi connectivity index (χ4v) is 9.77. The largest absolute Gasteiger partial charge is 0.311 e. The highest BCUT2D eigenvalue weighted by Gasteiger charge is 2.18. The van der Waals surface area contributed by atoms with Gasteiger partial charge in [-0.15, -0.1) is 11.3 Å². The van der Waals surface area contributed by atoms with E-state index in [-0.39, 0.29) is 0 Å². The molecular weight excluding hydrogens is 709 g/mol. The Hall–Kier alpha value is -7.20. The molecule has 268 valence electrons.